The van der Waals surface area contributed by atoms with Crippen LogP contribution in [0.3, 0.4) is 0 Å². The molecule has 270 valence electrons. The van der Waals surface area contributed by atoms with Crippen molar-refractivity contribution >= 4 is 33.7 Å². The van der Waals surface area contributed by atoms with E-state index in [0.717, 1.165) is 39.1 Å². The van der Waals surface area contributed by atoms with Gasteiger partial charge in [-0.25, -0.2) is 22.3 Å². The maximum atomic E-state index is 14.2. The van der Waals surface area contributed by atoms with E-state index in [0.29, 0.717) is 35.3 Å². The number of nitrogens with zero attached hydrogens (tertiary/aromatic N) is 2. The molecule has 52 heavy (non-hydrogen) atoms. The van der Waals surface area contributed by atoms with Crippen LogP contribution in [0.15, 0.2) is 82.7 Å². The van der Waals surface area contributed by atoms with Gasteiger partial charge in [0.25, 0.3) is 10.0 Å². The molecule has 0 saturated carbocycles. The number of rotatable bonds is 9. The fourth-order valence-corrected chi connectivity index (χ4v) is 9.50. The van der Waals surface area contributed by atoms with Crippen LogP contribution >= 0.6 is 0 Å². The Morgan fingerprint density at radius 3 is 2.23 bits per heavy atom. The van der Waals surface area contributed by atoms with Crippen LogP contribution in [-0.4, -0.2) is 67.2 Å². The first-order valence-corrected chi connectivity index (χ1v) is 18.8. The largest absolute Gasteiger partial charge is 0.487 e. The molecule has 12 heteroatoms. The van der Waals surface area contributed by atoms with Crippen molar-refractivity contribution in [3.8, 4) is 16.9 Å². The summed E-state index contributed by atoms with van der Waals surface area (Å²) in [6.45, 7) is 10.1. The summed E-state index contributed by atoms with van der Waals surface area (Å²) in [5, 5.41) is 15.6. The Balaban J connectivity index is 0.998. The summed E-state index contributed by atoms with van der Waals surface area (Å²) >= 11 is 0. The molecule has 3 aliphatic rings. The van der Waals surface area contributed by atoms with Crippen LogP contribution in [0.4, 0.5) is 10.5 Å². The molecule has 2 aliphatic heterocycles. The zero-order valence-corrected chi connectivity index (χ0v) is 30.6. The van der Waals surface area contributed by atoms with Crippen LogP contribution in [0.5, 0.6) is 5.75 Å². The fraction of sp³-hybridized carbons (Fsp3) is 0.325. The summed E-state index contributed by atoms with van der Waals surface area (Å²) in [6.07, 6.45) is -0.181. The van der Waals surface area contributed by atoms with E-state index in [9.17, 15) is 23.1 Å². The molecule has 1 atom stereocenters. The van der Waals surface area contributed by atoms with E-state index < -0.39 is 33.7 Å². The van der Waals surface area contributed by atoms with E-state index in [1.54, 1.807) is 24.3 Å². The maximum Gasteiger partial charge on any atom is 0.407 e. The Kier molecular flexibility index (Phi) is 8.98. The number of alkyl carbamates (subject to hydrolysis) is 1. The van der Waals surface area contributed by atoms with Crippen LogP contribution in [0, 0.1) is 20.8 Å². The standard InChI is InChI=1S/C40H42N4O7S/c1-23-24(2)36(25(3)32-21-40(4,5)51-35(23)32)52(48,49)44-19-18-41-38(44)42-27-16-14-26(15-17-27)20-34(37(45)46)43-39(47)50-22-33-30-12-8-6-10-28(30)29-11-7-9-13-31(29)33/h6-17,33-34H,18-22H2,1-5H3,(H,41,42)(H,43,47)(H,45,46). The zero-order valence-electron chi connectivity index (χ0n) is 29.8. The predicted molar refractivity (Wildman–Crippen MR) is 199 cm³/mol. The van der Waals surface area contributed by atoms with Gasteiger partial charge in [0.05, 0.1) is 18.0 Å². The zero-order chi connectivity index (χ0) is 36.9. The number of hydrogen-bond acceptors (Lipinski definition) is 8. The second-order valence-corrected chi connectivity index (χ2v) is 16.0. The number of fused-ring (bicyclic) bond motifs is 4. The fourth-order valence-electron chi connectivity index (χ4n) is 7.58. The van der Waals surface area contributed by atoms with Gasteiger partial charge in [-0.05, 0) is 91.3 Å². The number of aliphatic carboxylic acids is 1. The van der Waals surface area contributed by atoms with Crippen molar-refractivity contribution in [3.63, 3.8) is 0 Å². The second-order valence-electron chi connectivity index (χ2n) is 14.2. The van der Waals surface area contributed by atoms with Gasteiger partial charge in [-0.15, -0.1) is 0 Å². The molecule has 7 rings (SSSR count). The maximum absolute atomic E-state index is 14.2. The number of hydrogen-bond donors (Lipinski definition) is 3. The number of aliphatic imine (C=N–C) groups is 1. The average Bonchev–Trinajstić information content (AvgIpc) is 3.81. The first kappa shape index (κ1) is 35.1. The number of amides is 1. The highest BCUT2D eigenvalue weighted by Gasteiger charge is 2.40. The third-order valence-corrected chi connectivity index (χ3v) is 12.3. The molecule has 0 spiro atoms. The van der Waals surface area contributed by atoms with Gasteiger partial charge in [0.1, 0.15) is 24.0 Å². The van der Waals surface area contributed by atoms with Gasteiger partial charge in [0.15, 0.2) is 0 Å². The van der Waals surface area contributed by atoms with Gasteiger partial charge < -0.3 is 25.2 Å². The molecule has 3 N–H and O–H groups in total. The van der Waals surface area contributed by atoms with E-state index in [1.165, 1.54) is 4.31 Å². The minimum absolute atomic E-state index is 0.0119. The van der Waals surface area contributed by atoms with Crippen LogP contribution in [-0.2, 0) is 32.4 Å². The Morgan fingerprint density at radius 1 is 0.962 bits per heavy atom. The summed E-state index contributed by atoms with van der Waals surface area (Å²) < 4.78 is 41.5. The number of nitrogens with one attached hydrogen (secondary N) is 2. The summed E-state index contributed by atoms with van der Waals surface area (Å²) in [7, 11) is -3.97. The Morgan fingerprint density at radius 2 is 1.60 bits per heavy atom. The lowest BCUT2D eigenvalue weighted by Gasteiger charge is -2.25. The van der Waals surface area contributed by atoms with Gasteiger partial charge in [-0.3, -0.25) is 4.99 Å². The topological polar surface area (TPSA) is 147 Å². The number of guanidine groups is 1. The molecule has 1 aliphatic carbocycles. The monoisotopic (exact) mass is 722 g/mol. The van der Waals surface area contributed by atoms with E-state index in [1.807, 2.05) is 83.1 Å². The van der Waals surface area contributed by atoms with E-state index in [-0.39, 0.29) is 36.3 Å². The van der Waals surface area contributed by atoms with Gasteiger partial charge in [-0.1, -0.05) is 60.7 Å². The minimum atomic E-state index is -3.97. The molecular formula is C40H42N4O7S. The molecule has 1 unspecified atom stereocenters. The smallest absolute Gasteiger partial charge is 0.407 e. The predicted octanol–water partition coefficient (Wildman–Crippen LogP) is 6.33. The number of carboxylic acid groups (broad SMARTS) is 1. The van der Waals surface area contributed by atoms with E-state index in [2.05, 4.69) is 15.6 Å². The molecular weight excluding hydrogens is 681 g/mol. The second kappa shape index (κ2) is 13.3. The molecule has 2 heterocycles. The van der Waals surface area contributed by atoms with Crippen molar-refractivity contribution in [3.05, 3.63) is 112 Å². The summed E-state index contributed by atoms with van der Waals surface area (Å²) in [5.41, 5.74) is 8.22. The van der Waals surface area contributed by atoms with Gasteiger partial charge in [0, 0.05) is 30.0 Å². The molecule has 4 aromatic carbocycles. The average molecular weight is 723 g/mol. The van der Waals surface area contributed by atoms with Crippen molar-refractivity contribution in [1.82, 2.24) is 9.62 Å². The molecule has 4 aromatic rings. The van der Waals surface area contributed by atoms with Crippen LogP contribution < -0.4 is 15.4 Å². The number of carbonyl (C=O) groups excluding carboxylic acids is 1. The van der Waals surface area contributed by atoms with Crippen molar-refractivity contribution in [2.45, 2.75) is 69.9 Å². The third-order valence-electron chi connectivity index (χ3n) is 10.2. The molecule has 0 radical (unpaired) electrons. The minimum Gasteiger partial charge on any atom is -0.487 e. The number of anilines is 1. The molecule has 0 aromatic heterocycles. The summed E-state index contributed by atoms with van der Waals surface area (Å²) in [5.74, 6) is -0.364. The number of sulfonamides is 1. The van der Waals surface area contributed by atoms with Crippen LogP contribution in [0.1, 0.15) is 58.7 Å². The van der Waals surface area contributed by atoms with Crippen molar-refractivity contribution < 1.29 is 32.6 Å². The van der Waals surface area contributed by atoms with Crippen molar-refractivity contribution in [2.24, 2.45) is 4.99 Å². The third kappa shape index (κ3) is 6.36. The lowest BCUT2D eigenvalue weighted by Crippen LogP contribution is -2.42. The normalized spacial score (nSPS) is 16.3. The molecule has 0 fully saturated rings. The van der Waals surface area contributed by atoms with Crippen LogP contribution in [0.25, 0.3) is 11.1 Å². The highest BCUT2D eigenvalue weighted by molar-refractivity contribution is 7.89. The Labute approximate surface area is 303 Å². The summed E-state index contributed by atoms with van der Waals surface area (Å²) in [6, 6.07) is 21.7. The van der Waals surface area contributed by atoms with Gasteiger partial charge in [0.2, 0.25) is 5.96 Å². The molecule has 0 saturated heterocycles. The van der Waals surface area contributed by atoms with Crippen molar-refractivity contribution in [2.75, 3.05) is 25.0 Å². The van der Waals surface area contributed by atoms with Crippen LogP contribution in [0.2, 0.25) is 0 Å². The van der Waals surface area contributed by atoms with Crippen molar-refractivity contribution in [1.29, 1.82) is 0 Å². The highest BCUT2D eigenvalue weighted by atomic mass is 32.2. The first-order chi connectivity index (χ1) is 24.7. The highest BCUT2D eigenvalue weighted by Crippen LogP contribution is 2.46. The quantitative estimate of drug-likeness (QED) is 0.182. The Hall–Kier alpha value is -5.36. The van der Waals surface area contributed by atoms with Gasteiger partial charge in [-0.2, -0.15) is 0 Å². The lowest BCUT2D eigenvalue weighted by molar-refractivity contribution is -0.139. The number of benzene rings is 4. The van der Waals surface area contributed by atoms with E-state index >= 15 is 0 Å². The first-order valence-electron chi connectivity index (χ1n) is 17.3. The Bertz CT molecular complexity index is 2190. The van der Waals surface area contributed by atoms with Gasteiger partial charge >= 0.3 is 12.1 Å². The SMILES string of the molecule is Cc1c(C)c(S(=O)(=O)N2CCN=C2Nc2ccc(CC(NC(=O)OCC3c4ccccc4-c4ccccc43)C(=O)O)cc2)c(C)c2c1OC(C)(C)C2. The lowest BCUT2D eigenvalue weighted by atomic mass is 9.94. The molecule has 0 bridgehead atoms. The number of ether oxygens (including phenoxy) is 2. The molecule has 11 nitrogen and oxygen atoms in total. The summed E-state index contributed by atoms with van der Waals surface area (Å²) in [4.78, 5) is 29.8. The molecule has 1 amide bonds. The van der Waals surface area contributed by atoms with E-state index in [4.69, 9.17) is 9.47 Å². The number of carbonyl (C=O) groups is 2. The number of carboxylic acids is 1.